The Morgan fingerprint density at radius 2 is 0.750 bits per heavy atom. The van der Waals surface area contributed by atoms with Crippen LogP contribution in [0.5, 0.6) is 0 Å². The van der Waals surface area contributed by atoms with Crippen LogP contribution in [0.4, 0.5) is 0 Å². The van der Waals surface area contributed by atoms with Crippen molar-refractivity contribution in [3.8, 4) is 0 Å². The standard InChI is InChI=1S/C66H118NO8P/c1-6-8-10-12-14-16-18-20-22-24-26-28-30-31-32-33-34-35-37-39-41-43-45-47-49-51-53-55-57-59-66(69)75-64(63-74-76(70,71)73-61-60-67(3,4)5)62-72-65(68)58-56-54-52-50-48-46-44-42-40-38-36-29-27-25-23-21-19-17-15-13-11-9-7-2/h8,10,14,16,19-22,25-28,36,38,64H,6-7,9,11-13,15,17-18,23-24,29-35,37,39-63H2,1-5H3/p+1/b10-8-,16-14-,21-19-,22-20-,27-25-,28-26-,38-36-. The van der Waals surface area contributed by atoms with Crippen LogP contribution in [0.1, 0.15) is 271 Å². The first kappa shape index (κ1) is 73.2. The second-order valence-electron chi connectivity index (χ2n) is 22.1. The summed E-state index contributed by atoms with van der Waals surface area (Å²) in [5.74, 6) is -0.801. The molecule has 0 aliphatic heterocycles. The number of hydrogen-bond donors (Lipinski definition) is 1. The minimum atomic E-state index is -4.39. The van der Waals surface area contributed by atoms with Crippen molar-refractivity contribution in [3.63, 3.8) is 0 Å². The van der Waals surface area contributed by atoms with Crippen LogP contribution < -0.4 is 0 Å². The van der Waals surface area contributed by atoms with Crippen molar-refractivity contribution in [1.29, 1.82) is 0 Å². The van der Waals surface area contributed by atoms with Crippen molar-refractivity contribution in [1.82, 2.24) is 0 Å². The summed E-state index contributed by atoms with van der Waals surface area (Å²) in [6, 6.07) is 0. The summed E-state index contributed by atoms with van der Waals surface area (Å²) in [5.41, 5.74) is 0. The summed E-state index contributed by atoms with van der Waals surface area (Å²) < 4.78 is 34.6. The van der Waals surface area contributed by atoms with Gasteiger partial charge in [0.25, 0.3) is 0 Å². The number of carbonyl (C=O) groups is 2. The Morgan fingerprint density at radius 1 is 0.421 bits per heavy atom. The van der Waals surface area contributed by atoms with Gasteiger partial charge in [-0.05, 0) is 89.9 Å². The molecule has 10 heteroatoms. The summed E-state index contributed by atoms with van der Waals surface area (Å²) in [6.45, 7) is 4.32. The van der Waals surface area contributed by atoms with Gasteiger partial charge in [0.1, 0.15) is 19.8 Å². The average Bonchev–Trinajstić information content (AvgIpc) is 3.38. The monoisotopic (exact) mass is 1080 g/mol. The molecular formula is C66H119NO8P+. The number of esters is 2. The zero-order valence-corrected chi connectivity index (χ0v) is 50.9. The predicted molar refractivity (Wildman–Crippen MR) is 325 cm³/mol. The third kappa shape index (κ3) is 60.4. The van der Waals surface area contributed by atoms with E-state index < -0.39 is 26.5 Å². The lowest BCUT2D eigenvalue weighted by Crippen LogP contribution is -2.37. The highest BCUT2D eigenvalue weighted by molar-refractivity contribution is 7.47. The Morgan fingerprint density at radius 3 is 1.12 bits per heavy atom. The van der Waals surface area contributed by atoms with Gasteiger partial charge in [-0.3, -0.25) is 18.6 Å². The van der Waals surface area contributed by atoms with Gasteiger partial charge in [0.15, 0.2) is 6.10 Å². The molecule has 0 spiro atoms. The van der Waals surface area contributed by atoms with Crippen LogP contribution >= 0.6 is 7.82 Å². The molecule has 0 bridgehead atoms. The topological polar surface area (TPSA) is 108 Å². The molecule has 0 saturated heterocycles. The number of hydrogen-bond acceptors (Lipinski definition) is 7. The molecule has 0 aliphatic carbocycles. The molecule has 2 unspecified atom stereocenters. The fraction of sp³-hybridized carbons (Fsp3) is 0.758. The summed E-state index contributed by atoms with van der Waals surface area (Å²) in [6.07, 6.45) is 76.6. The van der Waals surface area contributed by atoms with E-state index in [9.17, 15) is 19.0 Å². The van der Waals surface area contributed by atoms with Gasteiger partial charge >= 0.3 is 19.8 Å². The lowest BCUT2D eigenvalue weighted by Gasteiger charge is -2.24. The summed E-state index contributed by atoms with van der Waals surface area (Å²) in [7, 11) is 1.47. The number of allylic oxidation sites excluding steroid dienone is 14. The molecule has 0 radical (unpaired) electrons. The van der Waals surface area contributed by atoms with Gasteiger partial charge in [0, 0.05) is 12.8 Å². The number of phosphoric ester groups is 1. The Kier molecular flexibility index (Phi) is 54.8. The first-order valence-electron chi connectivity index (χ1n) is 31.3. The minimum Gasteiger partial charge on any atom is -0.462 e. The molecule has 9 nitrogen and oxygen atoms in total. The lowest BCUT2D eigenvalue weighted by molar-refractivity contribution is -0.870. The van der Waals surface area contributed by atoms with Gasteiger partial charge < -0.3 is 18.9 Å². The molecule has 76 heavy (non-hydrogen) atoms. The Hall–Kier alpha value is -2.81. The SMILES string of the molecule is CC/C=C\C/C=C\C/C=C\C/C=C\CCCCCCCCCCCCCCCCCCC(=O)OC(COC(=O)CCCCCCCCCC/C=C\C/C=C\C/C=C\CCCCCCC)COP(=O)(O)OCC[N+](C)(C)C. The molecule has 0 amide bonds. The number of likely N-dealkylation sites (N-methyl/N-ethyl adjacent to an activating group) is 1. The van der Waals surface area contributed by atoms with Crippen molar-refractivity contribution in [3.05, 3.63) is 85.1 Å². The largest absolute Gasteiger partial charge is 0.472 e. The highest BCUT2D eigenvalue weighted by Crippen LogP contribution is 2.43. The second kappa shape index (κ2) is 56.9. The maximum atomic E-state index is 12.8. The van der Waals surface area contributed by atoms with Crippen LogP contribution in [0.3, 0.4) is 0 Å². The average molecular weight is 1090 g/mol. The van der Waals surface area contributed by atoms with Crippen LogP contribution in [0, 0.1) is 0 Å². The van der Waals surface area contributed by atoms with Crippen LogP contribution in [0.2, 0.25) is 0 Å². The molecule has 440 valence electrons. The summed E-state index contributed by atoms with van der Waals surface area (Å²) >= 11 is 0. The Balaban J connectivity index is 4.12. The second-order valence-corrected chi connectivity index (χ2v) is 23.5. The van der Waals surface area contributed by atoms with E-state index in [0.717, 1.165) is 83.5 Å². The van der Waals surface area contributed by atoms with E-state index in [1.165, 1.54) is 154 Å². The molecule has 0 aromatic rings. The van der Waals surface area contributed by atoms with Gasteiger partial charge in [-0.25, -0.2) is 4.57 Å². The van der Waals surface area contributed by atoms with Gasteiger partial charge in [-0.1, -0.05) is 253 Å². The van der Waals surface area contributed by atoms with E-state index in [1.54, 1.807) is 0 Å². The van der Waals surface area contributed by atoms with E-state index >= 15 is 0 Å². The Bertz CT molecular complexity index is 1560. The van der Waals surface area contributed by atoms with Gasteiger partial charge in [0.05, 0.1) is 27.7 Å². The van der Waals surface area contributed by atoms with Crippen molar-refractivity contribution < 1.29 is 42.1 Å². The zero-order valence-electron chi connectivity index (χ0n) is 50.0. The van der Waals surface area contributed by atoms with E-state index in [4.69, 9.17) is 18.5 Å². The van der Waals surface area contributed by atoms with Crippen molar-refractivity contribution in [2.24, 2.45) is 0 Å². The van der Waals surface area contributed by atoms with Crippen LogP contribution in [-0.2, 0) is 32.7 Å². The normalized spacial score (nSPS) is 13.8. The van der Waals surface area contributed by atoms with Gasteiger partial charge in [-0.15, -0.1) is 0 Å². The van der Waals surface area contributed by atoms with E-state index in [-0.39, 0.29) is 32.0 Å². The maximum absolute atomic E-state index is 12.8. The van der Waals surface area contributed by atoms with Gasteiger partial charge in [0.2, 0.25) is 0 Å². The number of rotatable bonds is 57. The van der Waals surface area contributed by atoms with E-state index in [1.807, 2.05) is 21.1 Å². The quantitative estimate of drug-likeness (QED) is 0.0211. The van der Waals surface area contributed by atoms with Crippen LogP contribution in [-0.4, -0.2) is 74.9 Å². The highest BCUT2D eigenvalue weighted by Gasteiger charge is 2.27. The molecule has 0 fully saturated rings. The number of quaternary nitrogens is 1. The Labute approximate surface area is 469 Å². The fourth-order valence-electron chi connectivity index (χ4n) is 8.60. The van der Waals surface area contributed by atoms with E-state index in [2.05, 4.69) is 98.9 Å². The number of nitrogens with zero attached hydrogens (tertiary/aromatic N) is 1. The van der Waals surface area contributed by atoms with Crippen molar-refractivity contribution >= 4 is 19.8 Å². The summed E-state index contributed by atoms with van der Waals surface area (Å²) in [4.78, 5) is 35.8. The van der Waals surface area contributed by atoms with Crippen molar-refractivity contribution in [2.45, 2.75) is 277 Å². The van der Waals surface area contributed by atoms with Crippen LogP contribution in [0.25, 0.3) is 0 Å². The van der Waals surface area contributed by atoms with Crippen LogP contribution in [0.15, 0.2) is 85.1 Å². The fourth-order valence-corrected chi connectivity index (χ4v) is 9.34. The van der Waals surface area contributed by atoms with Crippen molar-refractivity contribution in [2.75, 3.05) is 47.5 Å². The highest BCUT2D eigenvalue weighted by atomic mass is 31.2. The molecule has 1 N–H and O–H groups in total. The first-order chi connectivity index (χ1) is 37.0. The molecular weight excluding hydrogens is 966 g/mol. The first-order valence-corrected chi connectivity index (χ1v) is 32.8. The maximum Gasteiger partial charge on any atom is 0.472 e. The molecule has 0 aliphatic rings. The van der Waals surface area contributed by atoms with Gasteiger partial charge in [-0.2, -0.15) is 0 Å². The molecule has 0 heterocycles. The molecule has 0 aromatic heterocycles. The number of ether oxygens (including phenoxy) is 2. The predicted octanol–water partition coefficient (Wildman–Crippen LogP) is 19.8. The third-order valence-corrected chi connectivity index (χ3v) is 14.4. The number of unbranched alkanes of at least 4 members (excludes halogenated alkanes) is 29. The smallest absolute Gasteiger partial charge is 0.462 e. The zero-order chi connectivity index (χ0) is 55.6. The third-order valence-electron chi connectivity index (χ3n) is 13.4. The summed E-state index contributed by atoms with van der Waals surface area (Å²) in [5, 5.41) is 0. The number of carbonyl (C=O) groups excluding carboxylic acids is 2. The molecule has 0 rings (SSSR count). The lowest BCUT2D eigenvalue weighted by atomic mass is 10.0. The molecule has 2 atom stereocenters. The molecule has 0 saturated carbocycles. The minimum absolute atomic E-state index is 0.0280. The van der Waals surface area contributed by atoms with E-state index in [0.29, 0.717) is 17.4 Å². The number of phosphoric acid groups is 1. The molecule has 0 aromatic carbocycles.